The molecule has 0 aliphatic heterocycles. The van der Waals surface area contributed by atoms with Gasteiger partial charge in [-0.25, -0.2) is 4.98 Å². The van der Waals surface area contributed by atoms with Crippen LogP contribution in [0.5, 0.6) is 0 Å². The van der Waals surface area contributed by atoms with E-state index in [0.717, 1.165) is 18.7 Å². The summed E-state index contributed by atoms with van der Waals surface area (Å²) in [5.74, 6) is 0.297. The number of carbonyl (C=O) groups is 1. The van der Waals surface area contributed by atoms with Gasteiger partial charge >= 0.3 is 0 Å². The fourth-order valence-corrected chi connectivity index (χ4v) is 2.31. The maximum atomic E-state index is 11.4. The van der Waals surface area contributed by atoms with Crippen LogP contribution in [0.15, 0.2) is 30.0 Å². The number of nitrogens with two attached hydrogens (primary N) is 1. The van der Waals surface area contributed by atoms with Gasteiger partial charge < -0.3 is 16.4 Å². The average Bonchev–Trinajstić information content (AvgIpc) is 2.50. The summed E-state index contributed by atoms with van der Waals surface area (Å²) in [7, 11) is 0. The van der Waals surface area contributed by atoms with Gasteiger partial charge in [0.15, 0.2) is 0 Å². The Labute approximate surface area is 126 Å². The van der Waals surface area contributed by atoms with Crippen LogP contribution in [-0.2, 0) is 4.79 Å². The van der Waals surface area contributed by atoms with Crippen molar-refractivity contribution < 1.29 is 4.79 Å². The van der Waals surface area contributed by atoms with Gasteiger partial charge in [0, 0.05) is 6.54 Å². The van der Waals surface area contributed by atoms with Crippen LogP contribution in [0, 0.1) is 0 Å². The Morgan fingerprint density at radius 1 is 1.43 bits per heavy atom. The summed E-state index contributed by atoms with van der Waals surface area (Å²) in [4.78, 5) is 15.6. The van der Waals surface area contributed by atoms with E-state index in [2.05, 4.69) is 21.7 Å². The summed E-state index contributed by atoms with van der Waals surface area (Å²) < 4.78 is 0. The third kappa shape index (κ3) is 5.19. The Balaban J connectivity index is 1.77. The molecular formula is C16H24N4O. The third-order valence-corrected chi connectivity index (χ3v) is 3.59. The van der Waals surface area contributed by atoms with E-state index in [1.165, 1.54) is 25.7 Å². The molecule has 5 nitrogen and oxygen atoms in total. The van der Waals surface area contributed by atoms with Gasteiger partial charge in [0.05, 0.1) is 17.9 Å². The van der Waals surface area contributed by atoms with Gasteiger partial charge in [-0.05, 0) is 51.2 Å². The molecule has 1 aromatic rings. The first-order chi connectivity index (χ1) is 10.1. The third-order valence-electron chi connectivity index (χ3n) is 3.59. The Kier molecular flexibility index (Phi) is 5.75. The van der Waals surface area contributed by atoms with Crippen LogP contribution >= 0.6 is 0 Å². The predicted octanol–water partition coefficient (Wildman–Crippen LogP) is 2.67. The molecule has 0 saturated carbocycles. The number of amides is 1. The van der Waals surface area contributed by atoms with Crippen molar-refractivity contribution in [1.82, 2.24) is 4.98 Å². The predicted molar refractivity (Wildman–Crippen MR) is 86.2 cm³/mol. The monoisotopic (exact) mass is 288 g/mol. The lowest BCUT2D eigenvalue weighted by atomic mass is 9.97. The molecular weight excluding hydrogens is 264 g/mol. The van der Waals surface area contributed by atoms with E-state index in [1.807, 2.05) is 6.07 Å². The highest BCUT2D eigenvalue weighted by molar-refractivity contribution is 5.93. The van der Waals surface area contributed by atoms with Gasteiger partial charge in [-0.3, -0.25) is 4.79 Å². The Morgan fingerprint density at radius 3 is 2.90 bits per heavy atom. The van der Waals surface area contributed by atoms with E-state index < -0.39 is 6.04 Å². The molecule has 0 bridgehead atoms. The van der Waals surface area contributed by atoms with Crippen LogP contribution in [0.3, 0.4) is 0 Å². The Bertz CT molecular complexity index is 494. The molecule has 1 aliphatic carbocycles. The molecule has 1 heterocycles. The zero-order chi connectivity index (χ0) is 15.1. The van der Waals surface area contributed by atoms with Crippen molar-refractivity contribution in [3.63, 3.8) is 0 Å². The SMILES string of the molecule is CC(N)C(=O)Nc1ccc(NCCC2=CCCCC2)cn1. The number of nitrogens with one attached hydrogen (secondary N) is 2. The van der Waals surface area contributed by atoms with E-state index in [4.69, 9.17) is 5.73 Å². The zero-order valence-corrected chi connectivity index (χ0v) is 12.6. The number of allylic oxidation sites excluding steroid dienone is 1. The molecule has 1 aromatic heterocycles. The molecule has 1 aliphatic rings. The lowest BCUT2D eigenvalue weighted by Gasteiger charge is -2.13. The Morgan fingerprint density at radius 2 is 2.29 bits per heavy atom. The quantitative estimate of drug-likeness (QED) is 0.703. The van der Waals surface area contributed by atoms with Gasteiger partial charge in [-0.1, -0.05) is 11.6 Å². The lowest BCUT2D eigenvalue weighted by Crippen LogP contribution is -2.32. The molecule has 0 spiro atoms. The molecule has 0 saturated heterocycles. The molecule has 0 aromatic carbocycles. The minimum Gasteiger partial charge on any atom is -0.383 e. The molecule has 5 heteroatoms. The van der Waals surface area contributed by atoms with Crippen LogP contribution in [0.2, 0.25) is 0 Å². The maximum absolute atomic E-state index is 11.4. The number of hydrogen-bond acceptors (Lipinski definition) is 4. The number of rotatable bonds is 6. The number of hydrogen-bond donors (Lipinski definition) is 3. The van der Waals surface area contributed by atoms with E-state index in [9.17, 15) is 4.79 Å². The minimum absolute atomic E-state index is 0.229. The van der Waals surface area contributed by atoms with Crippen molar-refractivity contribution in [2.75, 3.05) is 17.2 Å². The van der Waals surface area contributed by atoms with E-state index in [-0.39, 0.29) is 5.91 Å². The molecule has 4 N–H and O–H groups in total. The molecule has 1 unspecified atom stereocenters. The summed E-state index contributed by atoms with van der Waals surface area (Å²) in [5, 5.41) is 6.02. The van der Waals surface area contributed by atoms with E-state index in [1.54, 1.807) is 24.8 Å². The average molecular weight is 288 g/mol. The van der Waals surface area contributed by atoms with Crippen LogP contribution in [0.25, 0.3) is 0 Å². The Hall–Kier alpha value is -1.88. The number of anilines is 2. The molecule has 114 valence electrons. The summed E-state index contributed by atoms with van der Waals surface area (Å²) in [6.45, 7) is 2.56. The van der Waals surface area contributed by atoms with Crippen molar-refractivity contribution >= 4 is 17.4 Å². The summed E-state index contributed by atoms with van der Waals surface area (Å²) in [5.41, 5.74) is 8.01. The number of aromatic nitrogens is 1. The van der Waals surface area contributed by atoms with Gasteiger partial charge in [0.2, 0.25) is 5.91 Å². The van der Waals surface area contributed by atoms with Crippen molar-refractivity contribution in [2.45, 2.75) is 45.1 Å². The maximum Gasteiger partial charge on any atom is 0.242 e. The first-order valence-corrected chi connectivity index (χ1v) is 7.59. The number of nitrogens with zero attached hydrogens (tertiary/aromatic N) is 1. The van der Waals surface area contributed by atoms with Crippen molar-refractivity contribution in [3.05, 3.63) is 30.0 Å². The standard InChI is InChI=1S/C16H24N4O/c1-12(17)16(21)20-15-8-7-14(11-19-15)18-10-9-13-5-3-2-4-6-13/h5,7-8,11-12,18H,2-4,6,9-10,17H2,1H3,(H,19,20,21). The molecule has 21 heavy (non-hydrogen) atoms. The highest BCUT2D eigenvalue weighted by Gasteiger charge is 2.08. The fourth-order valence-electron chi connectivity index (χ4n) is 2.31. The summed E-state index contributed by atoms with van der Waals surface area (Å²) in [6, 6.07) is 3.16. The summed E-state index contributed by atoms with van der Waals surface area (Å²) >= 11 is 0. The van der Waals surface area contributed by atoms with Gasteiger partial charge in [-0.2, -0.15) is 0 Å². The second-order valence-electron chi connectivity index (χ2n) is 5.49. The van der Waals surface area contributed by atoms with Crippen LogP contribution in [0.4, 0.5) is 11.5 Å². The minimum atomic E-state index is -0.534. The number of pyridine rings is 1. The first kappa shape index (κ1) is 15.5. The van der Waals surface area contributed by atoms with Crippen molar-refractivity contribution in [1.29, 1.82) is 0 Å². The smallest absolute Gasteiger partial charge is 0.242 e. The highest BCUT2D eigenvalue weighted by Crippen LogP contribution is 2.20. The van der Waals surface area contributed by atoms with Crippen LogP contribution in [-0.4, -0.2) is 23.5 Å². The van der Waals surface area contributed by atoms with Gasteiger partial charge in [-0.15, -0.1) is 0 Å². The molecule has 0 radical (unpaired) electrons. The van der Waals surface area contributed by atoms with Crippen molar-refractivity contribution in [3.8, 4) is 0 Å². The first-order valence-electron chi connectivity index (χ1n) is 7.59. The molecule has 2 rings (SSSR count). The van der Waals surface area contributed by atoms with Crippen molar-refractivity contribution in [2.24, 2.45) is 5.73 Å². The van der Waals surface area contributed by atoms with Crippen LogP contribution in [0.1, 0.15) is 39.0 Å². The zero-order valence-electron chi connectivity index (χ0n) is 12.6. The molecule has 1 amide bonds. The fraction of sp³-hybridized carbons (Fsp3) is 0.500. The van der Waals surface area contributed by atoms with Crippen LogP contribution < -0.4 is 16.4 Å². The molecule has 1 atom stereocenters. The molecule has 0 fully saturated rings. The normalized spacial score (nSPS) is 16.0. The number of carbonyl (C=O) groups excluding carboxylic acids is 1. The van der Waals surface area contributed by atoms with Gasteiger partial charge in [0.25, 0.3) is 0 Å². The van der Waals surface area contributed by atoms with Gasteiger partial charge in [0.1, 0.15) is 5.82 Å². The highest BCUT2D eigenvalue weighted by atomic mass is 16.2. The second kappa shape index (κ2) is 7.78. The largest absolute Gasteiger partial charge is 0.383 e. The lowest BCUT2D eigenvalue weighted by molar-refractivity contribution is -0.117. The topological polar surface area (TPSA) is 80.0 Å². The summed E-state index contributed by atoms with van der Waals surface area (Å²) in [6.07, 6.45) is 10.3. The van der Waals surface area contributed by atoms with E-state index >= 15 is 0 Å². The second-order valence-corrected chi connectivity index (χ2v) is 5.49. The van der Waals surface area contributed by atoms with E-state index in [0.29, 0.717) is 5.82 Å².